The highest BCUT2D eigenvalue weighted by Gasteiger charge is 2.13. The van der Waals surface area contributed by atoms with Crippen molar-refractivity contribution in [2.45, 2.75) is 13.3 Å². The Kier molecular flexibility index (Phi) is 6.29. The maximum absolute atomic E-state index is 13.0. The zero-order valence-electron chi connectivity index (χ0n) is 18.6. The zero-order valence-corrected chi connectivity index (χ0v) is 18.6. The third kappa shape index (κ3) is 5.59. The summed E-state index contributed by atoms with van der Waals surface area (Å²) in [5.41, 5.74) is 3.31. The number of hydrogen-bond acceptors (Lipinski definition) is 5. The van der Waals surface area contributed by atoms with Crippen molar-refractivity contribution in [3.63, 3.8) is 0 Å². The highest BCUT2D eigenvalue weighted by atomic mass is 19.1. The van der Waals surface area contributed by atoms with Crippen LogP contribution in [0.15, 0.2) is 97.5 Å². The van der Waals surface area contributed by atoms with Gasteiger partial charge in [-0.2, -0.15) is 5.10 Å². The molecule has 0 fully saturated rings. The molecule has 0 saturated heterocycles. The number of nitrogens with zero attached hydrogens (tertiary/aromatic N) is 5. The van der Waals surface area contributed by atoms with Crippen molar-refractivity contribution >= 4 is 11.9 Å². The molecule has 35 heavy (non-hydrogen) atoms. The van der Waals surface area contributed by atoms with Crippen LogP contribution >= 0.6 is 0 Å². The van der Waals surface area contributed by atoms with E-state index in [4.69, 9.17) is 4.74 Å². The van der Waals surface area contributed by atoms with Gasteiger partial charge in [-0.05, 0) is 47.0 Å². The summed E-state index contributed by atoms with van der Waals surface area (Å²) < 4.78 is 21.9. The first-order chi connectivity index (χ1) is 17.1. The van der Waals surface area contributed by atoms with Gasteiger partial charge in [-0.1, -0.05) is 54.6 Å². The maximum Gasteiger partial charge on any atom is 0.278 e. The van der Waals surface area contributed by atoms with E-state index in [1.807, 2.05) is 42.5 Å². The Morgan fingerprint density at radius 3 is 2.37 bits per heavy atom. The molecule has 0 bridgehead atoms. The van der Waals surface area contributed by atoms with Gasteiger partial charge in [0.25, 0.3) is 5.91 Å². The van der Waals surface area contributed by atoms with Gasteiger partial charge in [-0.25, -0.2) is 18.7 Å². The number of amides is 1. The lowest BCUT2D eigenvalue weighted by Crippen LogP contribution is -2.15. The Morgan fingerprint density at radius 1 is 0.857 bits per heavy atom. The molecule has 1 amide bonds. The summed E-state index contributed by atoms with van der Waals surface area (Å²) in [6.07, 6.45) is 3.16. The molecule has 2 aromatic heterocycles. The summed E-state index contributed by atoms with van der Waals surface area (Å²) in [5, 5.41) is 11.1. The molecule has 0 spiro atoms. The number of nitrogens with one attached hydrogen (secondary N) is 1. The average Bonchev–Trinajstić information content (AvgIpc) is 3.55. The predicted octanol–water partition coefficient (Wildman–Crippen LogP) is 4.62. The number of benzene rings is 3. The van der Waals surface area contributed by atoms with Crippen LogP contribution in [0.1, 0.15) is 16.1 Å². The smallest absolute Gasteiger partial charge is 0.278 e. The number of ether oxygens (including phenoxy) is 1. The summed E-state index contributed by atoms with van der Waals surface area (Å²) in [5.74, 6) is 0.116. The molecule has 1 N–H and O–H groups in total. The van der Waals surface area contributed by atoms with E-state index in [-0.39, 0.29) is 24.2 Å². The van der Waals surface area contributed by atoms with Crippen LogP contribution in [-0.4, -0.2) is 30.5 Å². The van der Waals surface area contributed by atoms with Gasteiger partial charge in [-0.15, -0.1) is 5.10 Å². The van der Waals surface area contributed by atoms with E-state index in [1.165, 1.54) is 23.1 Å². The molecule has 2 heterocycles. The normalized spacial score (nSPS) is 10.8. The molecule has 5 aromatic rings. The van der Waals surface area contributed by atoms with E-state index in [2.05, 4.69) is 32.6 Å². The Labute approximate surface area is 200 Å². The molecule has 0 aliphatic carbocycles. The van der Waals surface area contributed by atoms with Crippen LogP contribution in [0, 0.1) is 5.82 Å². The molecule has 8 nitrogen and oxygen atoms in total. The van der Waals surface area contributed by atoms with Crippen molar-refractivity contribution in [2.24, 2.45) is 0 Å². The van der Waals surface area contributed by atoms with E-state index < -0.39 is 5.91 Å². The molecule has 174 valence electrons. The van der Waals surface area contributed by atoms with Crippen molar-refractivity contribution < 1.29 is 13.9 Å². The molecule has 0 unspecified atom stereocenters. The van der Waals surface area contributed by atoms with Crippen LogP contribution in [0.4, 0.5) is 10.3 Å². The molecule has 0 saturated carbocycles. The monoisotopic (exact) mass is 468 g/mol. The number of aromatic nitrogens is 5. The first-order valence-corrected chi connectivity index (χ1v) is 10.9. The molecule has 0 aliphatic heterocycles. The predicted molar refractivity (Wildman–Crippen MR) is 128 cm³/mol. The Morgan fingerprint density at radius 2 is 1.60 bits per heavy atom. The lowest BCUT2D eigenvalue weighted by atomic mass is 10.1. The van der Waals surface area contributed by atoms with E-state index in [9.17, 15) is 9.18 Å². The van der Waals surface area contributed by atoms with Crippen molar-refractivity contribution in [1.29, 1.82) is 0 Å². The fourth-order valence-corrected chi connectivity index (χ4v) is 3.44. The number of carbonyl (C=O) groups is 1. The van der Waals surface area contributed by atoms with Crippen molar-refractivity contribution in [3.8, 4) is 16.9 Å². The molecule has 0 atom stereocenters. The number of halogens is 1. The average molecular weight is 468 g/mol. The highest BCUT2D eigenvalue weighted by molar-refractivity contribution is 6.01. The minimum absolute atomic E-state index is 0.154. The topological polar surface area (TPSA) is 86.9 Å². The van der Waals surface area contributed by atoms with Crippen molar-refractivity contribution in [3.05, 3.63) is 115 Å². The zero-order chi connectivity index (χ0) is 24.0. The van der Waals surface area contributed by atoms with Crippen LogP contribution in [0.2, 0.25) is 0 Å². The molecule has 5 rings (SSSR count). The van der Waals surface area contributed by atoms with Gasteiger partial charge < -0.3 is 4.74 Å². The van der Waals surface area contributed by atoms with Crippen molar-refractivity contribution in [2.75, 3.05) is 5.32 Å². The quantitative estimate of drug-likeness (QED) is 0.359. The van der Waals surface area contributed by atoms with Gasteiger partial charge in [-0.3, -0.25) is 10.1 Å². The van der Waals surface area contributed by atoms with E-state index in [0.29, 0.717) is 12.3 Å². The van der Waals surface area contributed by atoms with Gasteiger partial charge >= 0.3 is 0 Å². The fourth-order valence-electron chi connectivity index (χ4n) is 3.44. The highest BCUT2D eigenvalue weighted by Crippen LogP contribution is 2.22. The third-order valence-electron chi connectivity index (χ3n) is 5.22. The number of anilines is 1. The first-order valence-electron chi connectivity index (χ1n) is 10.9. The summed E-state index contributed by atoms with van der Waals surface area (Å²) >= 11 is 0. The lowest BCUT2D eigenvalue weighted by Gasteiger charge is -2.07. The molecular weight excluding hydrogens is 447 g/mol. The molecule has 0 aliphatic rings. The summed E-state index contributed by atoms with van der Waals surface area (Å²) in [6, 6.07) is 25.6. The Bertz CT molecular complexity index is 1410. The fraction of sp³-hybridized carbons (Fsp3) is 0.0769. The van der Waals surface area contributed by atoms with Crippen LogP contribution < -0.4 is 10.1 Å². The van der Waals surface area contributed by atoms with Crippen LogP contribution in [0.25, 0.3) is 11.1 Å². The summed E-state index contributed by atoms with van der Waals surface area (Å²) in [7, 11) is 0. The van der Waals surface area contributed by atoms with Crippen molar-refractivity contribution in [1.82, 2.24) is 24.5 Å². The van der Waals surface area contributed by atoms with E-state index >= 15 is 0 Å². The van der Waals surface area contributed by atoms with Gasteiger partial charge in [0.2, 0.25) is 5.95 Å². The second kappa shape index (κ2) is 10.0. The minimum Gasteiger partial charge on any atom is -0.471 e. The lowest BCUT2D eigenvalue weighted by molar-refractivity contribution is 0.101. The van der Waals surface area contributed by atoms with Gasteiger partial charge in [0.1, 0.15) is 17.9 Å². The molecular formula is C26H21FN6O2. The first kappa shape index (κ1) is 22.0. The largest absolute Gasteiger partial charge is 0.471 e. The number of hydrogen-bond donors (Lipinski definition) is 1. The van der Waals surface area contributed by atoms with Gasteiger partial charge in [0.15, 0.2) is 12.4 Å². The molecule has 9 heteroatoms. The minimum atomic E-state index is -0.435. The summed E-state index contributed by atoms with van der Waals surface area (Å²) in [4.78, 5) is 16.6. The van der Waals surface area contributed by atoms with Crippen LogP contribution in [0.3, 0.4) is 0 Å². The second-order valence-electron chi connectivity index (χ2n) is 7.75. The Hall–Kier alpha value is -4.79. The third-order valence-corrected chi connectivity index (χ3v) is 5.22. The Balaban J connectivity index is 1.14. The molecule has 0 radical (unpaired) electrons. The number of rotatable bonds is 8. The van der Waals surface area contributed by atoms with Gasteiger partial charge in [0.05, 0.1) is 6.54 Å². The maximum atomic E-state index is 13.0. The SMILES string of the molecule is O=C(Nc1ncn(Cc2ccc(F)cc2)n1)c1ccn(COc2ccc(-c3ccccc3)cc2)n1. The standard InChI is InChI=1S/C26H21FN6O2/c27-22-10-6-19(7-11-22)16-33-17-28-26(31-33)29-25(34)24-14-15-32(30-24)18-35-23-12-8-21(9-13-23)20-4-2-1-3-5-20/h1-15,17H,16,18H2,(H,29,31,34). The van der Waals surface area contributed by atoms with E-state index in [0.717, 1.165) is 16.7 Å². The van der Waals surface area contributed by atoms with Crippen LogP contribution in [-0.2, 0) is 13.3 Å². The second-order valence-corrected chi connectivity index (χ2v) is 7.75. The molecule has 3 aromatic carbocycles. The number of carbonyl (C=O) groups excluding carboxylic acids is 1. The summed E-state index contributed by atoms with van der Waals surface area (Å²) in [6.45, 7) is 0.559. The van der Waals surface area contributed by atoms with E-state index in [1.54, 1.807) is 29.1 Å². The van der Waals surface area contributed by atoms with Gasteiger partial charge in [0, 0.05) is 6.20 Å². The van der Waals surface area contributed by atoms with Crippen LogP contribution in [0.5, 0.6) is 5.75 Å².